The zero-order valence-electron chi connectivity index (χ0n) is 16.2. The average Bonchev–Trinajstić information content (AvgIpc) is 2.73. The normalized spacial score (nSPS) is 11.6. The van der Waals surface area contributed by atoms with Crippen molar-refractivity contribution in [1.29, 1.82) is 0 Å². The lowest BCUT2D eigenvalue weighted by molar-refractivity contribution is -0.384. The Hall–Kier alpha value is -3.81. The van der Waals surface area contributed by atoms with Crippen LogP contribution in [0.3, 0.4) is 0 Å². The van der Waals surface area contributed by atoms with Gasteiger partial charge in [0.05, 0.1) is 25.2 Å². The summed E-state index contributed by atoms with van der Waals surface area (Å²) in [6.45, 7) is 1.57. The van der Waals surface area contributed by atoms with E-state index in [0.29, 0.717) is 17.2 Å². The number of ether oxygens (including phenoxy) is 3. The number of nitrogens with zero attached hydrogens (tertiary/aromatic N) is 1. The van der Waals surface area contributed by atoms with Gasteiger partial charge in [0.15, 0.2) is 6.10 Å². The number of nitrogens with one attached hydrogen (secondary N) is 1. The minimum atomic E-state index is -0.875. The second-order valence-electron chi connectivity index (χ2n) is 6.26. The van der Waals surface area contributed by atoms with Gasteiger partial charge in [-0.3, -0.25) is 14.9 Å². The van der Waals surface area contributed by atoms with Crippen LogP contribution in [0.15, 0.2) is 54.6 Å². The lowest BCUT2D eigenvalue weighted by Crippen LogP contribution is -2.30. The first-order valence-corrected chi connectivity index (χ1v) is 8.79. The molecule has 1 N–H and O–H groups in total. The topological polar surface area (TPSA) is 99.9 Å². The van der Waals surface area contributed by atoms with E-state index in [2.05, 4.69) is 5.32 Å². The first kappa shape index (κ1) is 19.9. The van der Waals surface area contributed by atoms with Gasteiger partial charge in [0.2, 0.25) is 0 Å². The summed E-state index contributed by atoms with van der Waals surface area (Å²) in [5.41, 5.74) is -0.192. The van der Waals surface area contributed by atoms with Gasteiger partial charge in [-0.2, -0.15) is 0 Å². The molecule has 0 aliphatic heterocycles. The third-order valence-electron chi connectivity index (χ3n) is 4.36. The van der Waals surface area contributed by atoms with Crippen molar-refractivity contribution in [3.63, 3.8) is 0 Å². The third kappa shape index (κ3) is 4.55. The Kier molecular flexibility index (Phi) is 5.82. The molecule has 0 fully saturated rings. The molecule has 150 valence electrons. The van der Waals surface area contributed by atoms with Gasteiger partial charge in [0, 0.05) is 0 Å². The van der Waals surface area contributed by atoms with Crippen LogP contribution in [-0.2, 0) is 4.79 Å². The smallest absolute Gasteiger partial charge is 0.296 e. The number of anilines is 1. The highest BCUT2D eigenvalue weighted by molar-refractivity contribution is 5.96. The summed E-state index contributed by atoms with van der Waals surface area (Å²) in [4.78, 5) is 23.2. The van der Waals surface area contributed by atoms with Gasteiger partial charge >= 0.3 is 0 Å². The first-order valence-electron chi connectivity index (χ1n) is 8.79. The Morgan fingerprint density at radius 3 is 2.17 bits per heavy atom. The van der Waals surface area contributed by atoms with Crippen molar-refractivity contribution in [3.8, 4) is 17.2 Å². The zero-order chi connectivity index (χ0) is 21.0. The molecule has 0 saturated heterocycles. The number of methoxy groups -OCH3 is 2. The number of nitro groups is 1. The molecule has 0 unspecified atom stereocenters. The Balaban J connectivity index is 1.76. The molecule has 0 radical (unpaired) electrons. The Bertz CT molecular complexity index is 1070. The summed E-state index contributed by atoms with van der Waals surface area (Å²) in [5, 5.41) is 15.7. The van der Waals surface area contributed by atoms with E-state index in [1.165, 1.54) is 25.3 Å². The predicted octanol–water partition coefficient (Wildman–Crippen LogP) is 4.17. The van der Waals surface area contributed by atoms with Crippen molar-refractivity contribution < 1.29 is 23.9 Å². The van der Waals surface area contributed by atoms with E-state index in [4.69, 9.17) is 14.2 Å². The van der Waals surface area contributed by atoms with E-state index in [9.17, 15) is 14.9 Å². The highest BCUT2D eigenvalue weighted by Gasteiger charge is 2.21. The molecule has 1 amide bonds. The van der Waals surface area contributed by atoms with Crippen molar-refractivity contribution in [2.75, 3.05) is 19.5 Å². The van der Waals surface area contributed by atoms with Crippen LogP contribution in [0.25, 0.3) is 10.8 Å². The second kappa shape index (κ2) is 8.47. The quantitative estimate of drug-likeness (QED) is 0.475. The van der Waals surface area contributed by atoms with E-state index in [-0.39, 0.29) is 11.4 Å². The molecule has 1 atom stereocenters. The van der Waals surface area contributed by atoms with Gasteiger partial charge in [-0.05, 0) is 54.1 Å². The summed E-state index contributed by atoms with van der Waals surface area (Å²) in [6, 6.07) is 15.3. The van der Waals surface area contributed by atoms with Crippen LogP contribution < -0.4 is 19.5 Å². The largest absolute Gasteiger partial charge is 0.497 e. The number of amides is 1. The highest BCUT2D eigenvalue weighted by Crippen LogP contribution is 2.29. The number of fused-ring (bicyclic) bond motifs is 1. The maximum absolute atomic E-state index is 12.5. The molecule has 0 aliphatic carbocycles. The molecule has 3 aromatic carbocycles. The SMILES string of the molecule is COc1ccc(NC(=O)[C@@H](C)Oc2ccc3ccc(OC)cc3c2)c([N+](=O)[O-])c1. The molecule has 3 rings (SSSR count). The fourth-order valence-corrected chi connectivity index (χ4v) is 2.79. The van der Waals surface area contributed by atoms with Gasteiger partial charge in [0.1, 0.15) is 22.9 Å². The molecular formula is C21H20N2O6. The summed E-state index contributed by atoms with van der Waals surface area (Å²) >= 11 is 0. The molecule has 0 aromatic heterocycles. The monoisotopic (exact) mass is 396 g/mol. The summed E-state index contributed by atoms with van der Waals surface area (Å²) in [5.74, 6) is 1.03. The van der Waals surface area contributed by atoms with Crippen molar-refractivity contribution in [2.24, 2.45) is 0 Å². The van der Waals surface area contributed by atoms with Crippen LogP contribution in [0.1, 0.15) is 6.92 Å². The fourth-order valence-electron chi connectivity index (χ4n) is 2.79. The van der Waals surface area contributed by atoms with Crippen molar-refractivity contribution in [1.82, 2.24) is 0 Å². The van der Waals surface area contributed by atoms with E-state index in [1.54, 1.807) is 26.2 Å². The Labute approximate surface area is 167 Å². The molecule has 8 nitrogen and oxygen atoms in total. The standard InChI is InChI=1S/C21H20N2O6/c1-13(21(24)22-19-9-8-17(28-3)12-20(19)23(25)26)29-18-7-5-14-4-6-16(27-2)10-15(14)11-18/h4-13H,1-3H3,(H,22,24)/t13-/m1/s1. The van der Waals surface area contributed by atoms with Crippen LogP contribution in [0.2, 0.25) is 0 Å². The molecule has 29 heavy (non-hydrogen) atoms. The van der Waals surface area contributed by atoms with Crippen LogP contribution in [0.5, 0.6) is 17.2 Å². The van der Waals surface area contributed by atoms with E-state index >= 15 is 0 Å². The van der Waals surface area contributed by atoms with Crippen LogP contribution in [0, 0.1) is 10.1 Å². The highest BCUT2D eigenvalue weighted by atomic mass is 16.6. The van der Waals surface area contributed by atoms with Crippen molar-refractivity contribution >= 4 is 28.1 Å². The summed E-state index contributed by atoms with van der Waals surface area (Å²) in [7, 11) is 3.00. The second-order valence-corrected chi connectivity index (χ2v) is 6.26. The van der Waals surface area contributed by atoms with Crippen LogP contribution >= 0.6 is 0 Å². The number of carbonyl (C=O) groups excluding carboxylic acids is 1. The molecule has 0 saturated carbocycles. The number of hydrogen-bond acceptors (Lipinski definition) is 6. The number of rotatable bonds is 7. The molecule has 3 aromatic rings. The van der Waals surface area contributed by atoms with Crippen LogP contribution in [0.4, 0.5) is 11.4 Å². The van der Waals surface area contributed by atoms with Crippen molar-refractivity contribution in [2.45, 2.75) is 13.0 Å². The van der Waals surface area contributed by atoms with Gasteiger partial charge in [-0.25, -0.2) is 0 Å². The molecular weight excluding hydrogens is 376 g/mol. The molecule has 0 aliphatic rings. The molecule has 0 heterocycles. The summed E-state index contributed by atoms with van der Waals surface area (Å²) < 4.78 is 15.9. The Morgan fingerprint density at radius 2 is 1.52 bits per heavy atom. The van der Waals surface area contributed by atoms with E-state index in [0.717, 1.165) is 10.8 Å². The van der Waals surface area contributed by atoms with E-state index in [1.807, 2.05) is 24.3 Å². The third-order valence-corrected chi connectivity index (χ3v) is 4.36. The first-order chi connectivity index (χ1) is 13.9. The number of hydrogen-bond donors (Lipinski definition) is 1. The molecule has 8 heteroatoms. The number of nitro benzene ring substituents is 1. The lowest BCUT2D eigenvalue weighted by Gasteiger charge is -2.15. The predicted molar refractivity (Wildman–Crippen MR) is 109 cm³/mol. The van der Waals surface area contributed by atoms with Crippen molar-refractivity contribution in [3.05, 3.63) is 64.7 Å². The van der Waals surface area contributed by atoms with Crippen LogP contribution in [-0.4, -0.2) is 31.2 Å². The van der Waals surface area contributed by atoms with Gasteiger partial charge in [-0.1, -0.05) is 12.1 Å². The van der Waals surface area contributed by atoms with Gasteiger partial charge < -0.3 is 19.5 Å². The maximum Gasteiger partial charge on any atom is 0.296 e. The lowest BCUT2D eigenvalue weighted by atomic mass is 10.1. The average molecular weight is 396 g/mol. The van der Waals surface area contributed by atoms with Gasteiger partial charge in [-0.15, -0.1) is 0 Å². The summed E-state index contributed by atoms with van der Waals surface area (Å²) in [6.07, 6.45) is -0.875. The van der Waals surface area contributed by atoms with Gasteiger partial charge in [0.25, 0.3) is 11.6 Å². The molecule has 0 bridgehead atoms. The minimum absolute atomic E-state index is 0.0690. The zero-order valence-corrected chi connectivity index (χ0v) is 16.2. The minimum Gasteiger partial charge on any atom is -0.497 e. The number of benzene rings is 3. The molecule has 0 spiro atoms. The fraction of sp³-hybridized carbons (Fsp3) is 0.190. The Morgan fingerprint density at radius 1 is 0.931 bits per heavy atom. The maximum atomic E-state index is 12.5. The van der Waals surface area contributed by atoms with E-state index < -0.39 is 16.9 Å². The number of carbonyl (C=O) groups is 1.